The van der Waals surface area contributed by atoms with E-state index in [2.05, 4.69) is 13.8 Å². The highest BCUT2D eigenvalue weighted by Gasteiger charge is 2.39. The van der Waals surface area contributed by atoms with E-state index in [0.717, 1.165) is 36.9 Å². The molecule has 1 aliphatic heterocycles. The number of hydrogen-bond donors (Lipinski definition) is 0. The predicted octanol–water partition coefficient (Wildman–Crippen LogP) is 2.32. The van der Waals surface area contributed by atoms with Crippen LogP contribution in [0.25, 0.3) is 0 Å². The van der Waals surface area contributed by atoms with Crippen molar-refractivity contribution in [2.24, 2.45) is 23.7 Å². The van der Waals surface area contributed by atoms with Crippen LogP contribution >= 0.6 is 0 Å². The van der Waals surface area contributed by atoms with Crippen molar-refractivity contribution in [3.63, 3.8) is 0 Å². The molecule has 1 aliphatic carbocycles. The quantitative estimate of drug-likeness (QED) is 0.520. The first-order valence-electron chi connectivity index (χ1n) is 4.87. The van der Waals surface area contributed by atoms with Crippen molar-refractivity contribution in [3.05, 3.63) is 0 Å². The Bertz CT molecular complexity index is 142. The Morgan fingerprint density at radius 3 is 2.45 bits per heavy atom. The first-order valence-corrected chi connectivity index (χ1v) is 4.87. The van der Waals surface area contributed by atoms with Crippen LogP contribution in [0.1, 0.15) is 26.7 Å². The first-order chi connectivity index (χ1) is 5.29. The second-order valence-corrected chi connectivity index (χ2v) is 4.40. The third kappa shape index (κ3) is 1.20. The summed E-state index contributed by atoms with van der Waals surface area (Å²) >= 11 is 0. The van der Waals surface area contributed by atoms with Crippen molar-refractivity contribution >= 4 is 0 Å². The van der Waals surface area contributed by atoms with Gasteiger partial charge in [0.15, 0.2) is 0 Å². The molecule has 4 atom stereocenters. The molecule has 0 aromatic carbocycles. The van der Waals surface area contributed by atoms with Crippen LogP contribution in [0, 0.1) is 23.7 Å². The van der Waals surface area contributed by atoms with Gasteiger partial charge < -0.3 is 4.74 Å². The van der Waals surface area contributed by atoms with Crippen LogP contribution in [0.4, 0.5) is 0 Å². The highest BCUT2D eigenvalue weighted by Crippen LogP contribution is 2.43. The monoisotopic (exact) mass is 154 g/mol. The molecule has 0 radical (unpaired) electrons. The number of fused-ring (bicyclic) bond motifs is 1. The lowest BCUT2D eigenvalue weighted by molar-refractivity contribution is -0.0200. The maximum atomic E-state index is 5.57. The van der Waals surface area contributed by atoms with Crippen molar-refractivity contribution in [1.82, 2.24) is 0 Å². The van der Waals surface area contributed by atoms with Crippen LogP contribution in [-0.4, -0.2) is 13.2 Å². The summed E-state index contributed by atoms with van der Waals surface area (Å²) < 4.78 is 5.57. The third-order valence-corrected chi connectivity index (χ3v) is 3.66. The molecule has 0 unspecified atom stereocenters. The Kier molecular flexibility index (Phi) is 1.92. The van der Waals surface area contributed by atoms with Crippen LogP contribution < -0.4 is 0 Å². The second kappa shape index (κ2) is 2.78. The molecule has 1 saturated heterocycles. The van der Waals surface area contributed by atoms with E-state index in [9.17, 15) is 0 Å². The van der Waals surface area contributed by atoms with Gasteiger partial charge in [0.1, 0.15) is 0 Å². The molecule has 1 heteroatoms. The molecule has 2 rings (SSSR count). The summed E-state index contributed by atoms with van der Waals surface area (Å²) in [5.74, 6) is 3.61. The van der Waals surface area contributed by atoms with Gasteiger partial charge in [-0.05, 0) is 30.1 Å². The Hall–Kier alpha value is -0.0400. The topological polar surface area (TPSA) is 9.23 Å². The van der Waals surface area contributed by atoms with Crippen molar-refractivity contribution in [2.45, 2.75) is 26.7 Å². The van der Waals surface area contributed by atoms with Crippen molar-refractivity contribution in [1.29, 1.82) is 0 Å². The molecule has 0 amide bonds. The van der Waals surface area contributed by atoms with Crippen LogP contribution in [0.3, 0.4) is 0 Å². The lowest BCUT2D eigenvalue weighted by atomic mass is 9.81. The lowest BCUT2D eigenvalue weighted by Crippen LogP contribution is -2.32. The Labute approximate surface area is 69.1 Å². The van der Waals surface area contributed by atoms with Gasteiger partial charge in [0, 0.05) is 13.2 Å². The molecular weight excluding hydrogens is 136 g/mol. The van der Waals surface area contributed by atoms with E-state index in [1.165, 1.54) is 12.8 Å². The van der Waals surface area contributed by atoms with E-state index in [0.29, 0.717) is 0 Å². The smallest absolute Gasteiger partial charge is 0.0499 e. The van der Waals surface area contributed by atoms with Gasteiger partial charge in [0.25, 0.3) is 0 Å². The van der Waals surface area contributed by atoms with Crippen molar-refractivity contribution in [3.8, 4) is 0 Å². The van der Waals surface area contributed by atoms with E-state index in [4.69, 9.17) is 4.74 Å². The highest BCUT2D eigenvalue weighted by molar-refractivity contribution is 4.87. The fourth-order valence-corrected chi connectivity index (χ4v) is 2.81. The summed E-state index contributed by atoms with van der Waals surface area (Å²) in [7, 11) is 0. The summed E-state index contributed by atoms with van der Waals surface area (Å²) in [6.07, 6.45) is 2.89. The van der Waals surface area contributed by atoms with Gasteiger partial charge in [-0.2, -0.15) is 0 Å². The molecule has 1 nitrogen and oxygen atoms in total. The molecule has 11 heavy (non-hydrogen) atoms. The molecule has 2 fully saturated rings. The van der Waals surface area contributed by atoms with Gasteiger partial charge in [-0.15, -0.1) is 0 Å². The molecule has 0 spiro atoms. The average Bonchev–Trinajstić information content (AvgIpc) is 2.35. The molecule has 0 aromatic rings. The van der Waals surface area contributed by atoms with Gasteiger partial charge in [-0.25, -0.2) is 0 Å². The second-order valence-electron chi connectivity index (χ2n) is 4.40. The number of ether oxygens (including phenoxy) is 1. The van der Waals surface area contributed by atoms with Crippen LogP contribution in [-0.2, 0) is 4.74 Å². The van der Waals surface area contributed by atoms with E-state index in [1.54, 1.807) is 0 Å². The van der Waals surface area contributed by atoms with Gasteiger partial charge in [-0.3, -0.25) is 0 Å². The lowest BCUT2D eigenvalue weighted by Gasteiger charge is -2.33. The molecule has 64 valence electrons. The molecule has 0 N–H and O–H groups in total. The van der Waals surface area contributed by atoms with Crippen LogP contribution in [0.5, 0.6) is 0 Å². The fourth-order valence-electron chi connectivity index (χ4n) is 2.81. The highest BCUT2D eigenvalue weighted by atomic mass is 16.5. The maximum Gasteiger partial charge on any atom is 0.0499 e. The molecule has 0 aromatic heterocycles. The third-order valence-electron chi connectivity index (χ3n) is 3.66. The van der Waals surface area contributed by atoms with Gasteiger partial charge in [0.05, 0.1) is 0 Å². The molecule has 1 saturated carbocycles. The summed E-state index contributed by atoms with van der Waals surface area (Å²) in [6, 6.07) is 0. The Balaban J connectivity index is 2.07. The minimum Gasteiger partial charge on any atom is -0.381 e. The summed E-state index contributed by atoms with van der Waals surface area (Å²) in [6.45, 7) is 6.77. The average molecular weight is 154 g/mol. The summed E-state index contributed by atoms with van der Waals surface area (Å²) in [5, 5.41) is 0. The van der Waals surface area contributed by atoms with Crippen molar-refractivity contribution in [2.75, 3.05) is 13.2 Å². The normalized spacial score (nSPS) is 50.7. The molecule has 0 bridgehead atoms. The standard InChI is InChI=1S/C10H18O/c1-7-3-4-9-8(2)5-11-6-10(7)9/h7-10H,3-6H2,1-2H3/t7-,8-,9-,10-/m1/s1. The van der Waals surface area contributed by atoms with Gasteiger partial charge >= 0.3 is 0 Å². The predicted molar refractivity (Wildman–Crippen MR) is 45.4 cm³/mol. The Morgan fingerprint density at radius 1 is 0.909 bits per heavy atom. The van der Waals surface area contributed by atoms with Crippen LogP contribution in [0.15, 0.2) is 0 Å². The van der Waals surface area contributed by atoms with E-state index < -0.39 is 0 Å². The zero-order chi connectivity index (χ0) is 7.84. The SMILES string of the molecule is C[C@@H]1CC[C@H]2[C@@H]1COC[C@H]2C. The fraction of sp³-hybridized carbons (Fsp3) is 1.00. The summed E-state index contributed by atoms with van der Waals surface area (Å²) in [5.41, 5.74) is 0. The zero-order valence-electron chi connectivity index (χ0n) is 7.55. The first kappa shape index (κ1) is 7.60. The number of rotatable bonds is 0. The maximum absolute atomic E-state index is 5.57. The Morgan fingerprint density at radius 2 is 1.73 bits per heavy atom. The minimum atomic E-state index is 0.818. The summed E-state index contributed by atoms with van der Waals surface area (Å²) in [4.78, 5) is 0. The van der Waals surface area contributed by atoms with Crippen LogP contribution in [0.2, 0.25) is 0 Å². The van der Waals surface area contributed by atoms with Gasteiger partial charge in [0.2, 0.25) is 0 Å². The van der Waals surface area contributed by atoms with E-state index in [1.807, 2.05) is 0 Å². The number of hydrogen-bond acceptors (Lipinski definition) is 1. The molecule has 2 aliphatic rings. The van der Waals surface area contributed by atoms with E-state index in [-0.39, 0.29) is 0 Å². The minimum absolute atomic E-state index is 0.818. The largest absolute Gasteiger partial charge is 0.381 e. The van der Waals surface area contributed by atoms with Gasteiger partial charge in [-0.1, -0.05) is 20.3 Å². The zero-order valence-corrected chi connectivity index (χ0v) is 7.55. The molecular formula is C10H18O. The van der Waals surface area contributed by atoms with Crippen molar-refractivity contribution < 1.29 is 4.74 Å². The van der Waals surface area contributed by atoms with E-state index >= 15 is 0 Å². The molecule has 1 heterocycles.